The molecule has 0 aliphatic carbocycles. The summed E-state index contributed by atoms with van der Waals surface area (Å²) in [5.41, 5.74) is 1.49. The van der Waals surface area contributed by atoms with Crippen LogP contribution < -0.4 is 5.32 Å². The zero-order valence-electron chi connectivity index (χ0n) is 11.2. The summed E-state index contributed by atoms with van der Waals surface area (Å²) in [5, 5.41) is 10.1. The summed E-state index contributed by atoms with van der Waals surface area (Å²) in [5.74, 6) is -0.798. The molecule has 0 aliphatic rings. The van der Waals surface area contributed by atoms with Crippen molar-refractivity contribution in [2.75, 3.05) is 12.4 Å². The quantitative estimate of drug-likeness (QED) is 0.841. The van der Waals surface area contributed by atoms with E-state index >= 15 is 0 Å². The van der Waals surface area contributed by atoms with Gasteiger partial charge in [0.25, 0.3) is 0 Å². The van der Waals surface area contributed by atoms with Crippen LogP contribution in [0.4, 0.5) is 5.69 Å². The number of carbonyl (C=O) groups is 2. The molecule has 0 unspecified atom stereocenters. The van der Waals surface area contributed by atoms with E-state index in [1.54, 1.807) is 37.4 Å². The Kier molecular flexibility index (Phi) is 4.09. The SMILES string of the molecule is COC(=O)c1ccccc1NC(=O)Cn1nncc1C. The van der Waals surface area contributed by atoms with Gasteiger partial charge in [0.2, 0.25) is 5.91 Å². The maximum atomic E-state index is 11.9. The summed E-state index contributed by atoms with van der Waals surface area (Å²) in [6, 6.07) is 6.65. The van der Waals surface area contributed by atoms with Crippen LogP contribution in [-0.4, -0.2) is 34.0 Å². The summed E-state index contributed by atoms with van der Waals surface area (Å²) in [6.07, 6.45) is 1.57. The number of nitrogens with one attached hydrogen (secondary N) is 1. The van der Waals surface area contributed by atoms with E-state index in [1.165, 1.54) is 11.8 Å². The molecule has 1 N–H and O–H groups in total. The highest BCUT2D eigenvalue weighted by Crippen LogP contribution is 2.16. The lowest BCUT2D eigenvalue weighted by molar-refractivity contribution is -0.117. The average molecular weight is 274 g/mol. The molecule has 104 valence electrons. The lowest BCUT2D eigenvalue weighted by atomic mass is 10.2. The van der Waals surface area contributed by atoms with E-state index in [9.17, 15) is 9.59 Å². The predicted molar refractivity (Wildman–Crippen MR) is 71.2 cm³/mol. The first-order chi connectivity index (χ1) is 9.61. The number of hydrogen-bond acceptors (Lipinski definition) is 5. The first-order valence-electron chi connectivity index (χ1n) is 5.94. The third kappa shape index (κ3) is 3.00. The standard InChI is InChI=1S/C13H14N4O3/c1-9-7-14-16-17(9)8-12(18)15-11-6-4-3-5-10(11)13(19)20-2/h3-7H,8H2,1-2H3,(H,15,18). The fourth-order valence-corrected chi connectivity index (χ4v) is 1.67. The second-order valence-corrected chi connectivity index (χ2v) is 4.12. The molecule has 2 rings (SSSR count). The summed E-state index contributed by atoms with van der Waals surface area (Å²) in [6.45, 7) is 1.83. The molecule has 0 saturated carbocycles. The van der Waals surface area contributed by atoms with Crippen molar-refractivity contribution < 1.29 is 14.3 Å². The van der Waals surface area contributed by atoms with Crippen LogP contribution in [0.2, 0.25) is 0 Å². The van der Waals surface area contributed by atoms with Gasteiger partial charge in [0.15, 0.2) is 0 Å². The van der Waals surface area contributed by atoms with Crippen molar-refractivity contribution in [2.45, 2.75) is 13.5 Å². The summed E-state index contributed by atoms with van der Waals surface area (Å²) in [7, 11) is 1.29. The van der Waals surface area contributed by atoms with Gasteiger partial charge in [0.05, 0.1) is 30.3 Å². The molecule has 7 heteroatoms. The van der Waals surface area contributed by atoms with Gasteiger partial charge in [-0.1, -0.05) is 17.3 Å². The minimum absolute atomic E-state index is 0.0291. The number of aromatic nitrogens is 3. The summed E-state index contributed by atoms with van der Waals surface area (Å²) < 4.78 is 6.13. The first-order valence-corrected chi connectivity index (χ1v) is 5.94. The van der Waals surface area contributed by atoms with Crippen LogP contribution in [0.15, 0.2) is 30.5 Å². The highest BCUT2D eigenvalue weighted by molar-refractivity contribution is 6.01. The second kappa shape index (κ2) is 5.96. The molecule has 0 fully saturated rings. The summed E-state index contributed by atoms with van der Waals surface area (Å²) >= 11 is 0. The van der Waals surface area contributed by atoms with E-state index in [-0.39, 0.29) is 12.5 Å². The third-order valence-electron chi connectivity index (χ3n) is 2.71. The largest absolute Gasteiger partial charge is 0.465 e. The Morgan fingerprint density at radius 3 is 2.75 bits per heavy atom. The fraction of sp³-hybridized carbons (Fsp3) is 0.231. The van der Waals surface area contributed by atoms with Gasteiger partial charge in [-0.3, -0.25) is 4.79 Å². The molecule has 2 aromatic rings. The first kappa shape index (κ1) is 13.7. The highest BCUT2D eigenvalue weighted by Gasteiger charge is 2.14. The number of hydrogen-bond donors (Lipinski definition) is 1. The molecule has 0 aliphatic heterocycles. The Morgan fingerprint density at radius 1 is 1.35 bits per heavy atom. The fourth-order valence-electron chi connectivity index (χ4n) is 1.67. The maximum Gasteiger partial charge on any atom is 0.339 e. The predicted octanol–water partition coefficient (Wildman–Crippen LogP) is 1.01. The Balaban J connectivity index is 2.12. The number of aryl methyl sites for hydroxylation is 1. The van der Waals surface area contributed by atoms with Gasteiger partial charge in [-0.2, -0.15) is 0 Å². The van der Waals surface area contributed by atoms with Crippen LogP contribution in [0.25, 0.3) is 0 Å². The van der Waals surface area contributed by atoms with E-state index in [2.05, 4.69) is 20.4 Å². The highest BCUT2D eigenvalue weighted by atomic mass is 16.5. The van der Waals surface area contributed by atoms with E-state index in [4.69, 9.17) is 0 Å². The number of nitrogens with zero attached hydrogens (tertiary/aromatic N) is 3. The van der Waals surface area contributed by atoms with Gasteiger partial charge in [-0.05, 0) is 19.1 Å². The van der Waals surface area contributed by atoms with Gasteiger partial charge in [0, 0.05) is 0 Å². The molecule has 0 bridgehead atoms. The zero-order valence-corrected chi connectivity index (χ0v) is 11.2. The average Bonchev–Trinajstić information content (AvgIpc) is 2.84. The van der Waals surface area contributed by atoms with Crippen LogP contribution in [0.5, 0.6) is 0 Å². The monoisotopic (exact) mass is 274 g/mol. The number of methoxy groups -OCH3 is 1. The number of amides is 1. The number of ether oxygens (including phenoxy) is 1. The molecule has 1 aromatic heterocycles. The van der Waals surface area contributed by atoms with Crippen LogP contribution in [-0.2, 0) is 16.1 Å². The molecule has 0 spiro atoms. The minimum Gasteiger partial charge on any atom is -0.465 e. The van der Waals surface area contributed by atoms with Gasteiger partial charge < -0.3 is 10.1 Å². The van der Waals surface area contributed by atoms with Crippen molar-refractivity contribution in [3.63, 3.8) is 0 Å². The topological polar surface area (TPSA) is 86.1 Å². The smallest absolute Gasteiger partial charge is 0.339 e. The Morgan fingerprint density at radius 2 is 2.10 bits per heavy atom. The van der Waals surface area contributed by atoms with Crippen LogP contribution >= 0.6 is 0 Å². The van der Waals surface area contributed by atoms with E-state index in [1.807, 2.05) is 0 Å². The van der Waals surface area contributed by atoms with Crippen molar-refractivity contribution in [1.29, 1.82) is 0 Å². The minimum atomic E-state index is -0.502. The van der Waals surface area contributed by atoms with Crippen molar-refractivity contribution in [1.82, 2.24) is 15.0 Å². The normalized spacial score (nSPS) is 10.1. The molecule has 1 heterocycles. The number of esters is 1. The molecule has 1 aromatic carbocycles. The number of carbonyl (C=O) groups excluding carboxylic acids is 2. The van der Waals surface area contributed by atoms with Crippen molar-refractivity contribution in [2.24, 2.45) is 0 Å². The van der Waals surface area contributed by atoms with Gasteiger partial charge >= 0.3 is 5.97 Å². The Hall–Kier alpha value is -2.70. The van der Waals surface area contributed by atoms with E-state index in [0.717, 1.165) is 5.69 Å². The molecule has 0 radical (unpaired) electrons. The number of para-hydroxylation sites is 1. The van der Waals surface area contributed by atoms with E-state index < -0.39 is 5.97 Å². The van der Waals surface area contributed by atoms with Crippen molar-refractivity contribution >= 4 is 17.6 Å². The van der Waals surface area contributed by atoms with Crippen LogP contribution in [0.1, 0.15) is 16.1 Å². The number of benzene rings is 1. The second-order valence-electron chi connectivity index (χ2n) is 4.12. The number of anilines is 1. The molecular weight excluding hydrogens is 260 g/mol. The van der Waals surface area contributed by atoms with E-state index in [0.29, 0.717) is 11.3 Å². The Bertz CT molecular complexity index is 636. The summed E-state index contributed by atoms with van der Waals surface area (Å²) in [4.78, 5) is 23.5. The molecule has 7 nitrogen and oxygen atoms in total. The van der Waals surface area contributed by atoms with Gasteiger partial charge in [-0.15, -0.1) is 5.10 Å². The third-order valence-corrected chi connectivity index (χ3v) is 2.71. The molecular formula is C13H14N4O3. The van der Waals surface area contributed by atoms with Crippen LogP contribution in [0, 0.1) is 6.92 Å². The van der Waals surface area contributed by atoms with Crippen molar-refractivity contribution in [3.05, 3.63) is 41.7 Å². The van der Waals surface area contributed by atoms with Gasteiger partial charge in [-0.25, -0.2) is 9.48 Å². The zero-order chi connectivity index (χ0) is 14.5. The molecule has 1 amide bonds. The molecule has 0 atom stereocenters. The lowest BCUT2D eigenvalue weighted by Crippen LogP contribution is -2.21. The lowest BCUT2D eigenvalue weighted by Gasteiger charge is -2.09. The molecule has 0 saturated heterocycles. The number of rotatable bonds is 4. The van der Waals surface area contributed by atoms with Gasteiger partial charge in [0.1, 0.15) is 6.54 Å². The molecule has 20 heavy (non-hydrogen) atoms. The van der Waals surface area contributed by atoms with Crippen LogP contribution in [0.3, 0.4) is 0 Å². The Labute approximate surface area is 115 Å². The maximum absolute atomic E-state index is 11.9. The van der Waals surface area contributed by atoms with Crippen molar-refractivity contribution in [3.8, 4) is 0 Å².